The van der Waals surface area contributed by atoms with Gasteiger partial charge in [0.15, 0.2) is 0 Å². The number of rotatable bonds is 6. The normalized spacial score (nSPS) is 12.5. The van der Waals surface area contributed by atoms with E-state index in [2.05, 4.69) is 10.4 Å². The van der Waals surface area contributed by atoms with Crippen LogP contribution in [-0.2, 0) is 7.05 Å². The van der Waals surface area contributed by atoms with Crippen LogP contribution in [0.15, 0.2) is 6.20 Å². The van der Waals surface area contributed by atoms with Crippen molar-refractivity contribution in [2.75, 3.05) is 13.2 Å². The average molecular weight is 239 g/mol. The van der Waals surface area contributed by atoms with Crippen molar-refractivity contribution in [3.05, 3.63) is 17.5 Å². The second kappa shape index (κ2) is 6.39. The van der Waals surface area contributed by atoms with Crippen LogP contribution in [0.4, 0.5) is 0 Å². The van der Waals surface area contributed by atoms with Gasteiger partial charge in [-0.1, -0.05) is 6.92 Å². The Morgan fingerprint density at radius 3 is 2.88 bits per heavy atom. The fourth-order valence-electron chi connectivity index (χ4n) is 1.56. The third-order valence-corrected chi connectivity index (χ3v) is 2.95. The van der Waals surface area contributed by atoms with E-state index in [0.717, 1.165) is 18.5 Å². The van der Waals surface area contributed by atoms with E-state index in [9.17, 15) is 4.79 Å². The first-order valence-electron chi connectivity index (χ1n) is 5.94. The van der Waals surface area contributed by atoms with Gasteiger partial charge in [-0.05, 0) is 25.7 Å². The lowest BCUT2D eigenvalue weighted by Gasteiger charge is -2.08. The third-order valence-electron chi connectivity index (χ3n) is 2.95. The molecule has 0 spiro atoms. The van der Waals surface area contributed by atoms with Crippen molar-refractivity contribution >= 4 is 5.91 Å². The van der Waals surface area contributed by atoms with Crippen LogP contribution in [0.3, 0.4) is 0 Å². The van der Waals surface area contributed by atoms with Gasteiger partial charge >= 0.3 is 0 Å². The first-order valence-corrected chi connectivity index (χ1v) is 5.94. The fraction of sp³-hybridized carbons (Fsp3) is 0.667. The van der Waals surface area contributed by atoms with Crippen LogP contribution in [0.1, 0.15) is 35.8 Å². The van der Waals surface area contributed by atoms with Gasteiger partial charge in [0.2, 0.25) is 0 Å². The van der Waals surface area contributed by atoms with Gasteiger partial charge in [-0.3, -0.25) is 9.48 Å². The van der Waals surface area contributed by atoms with E-state index in [1.807, 2.05) is 20.9 Å². The van der Waals surface area contributed by atoms with Gasteiger partial charge in [-0.15, -0.1) is 0 Å². The van der Waals surface area contributed by atoms with Crippen molar-refractivity contribution in [2.24, 2.45) is 13.0 Å². The lowest BCUT2D eigenvalue weighted by Crippen LogP contribution is -2.25. The Balaban J connectivity index is 2.33. The minimum absolute atomic E-state index is 0.0766. The first-order chi connectivity index (χ1) is 8.06. The summed E-state index contributed by atoms with van der Waals surface area (Å²) in [7, 11) is 1.81. The number of carbonyl (C=O) groups is 1. The van der Waals surface area contributed by atoms with Crippen LogP contribution in [0.2, 0.25) is 0 Å². The van der Waals surface area contributed by atoms with Gasteiger partial charge in [-0.25, -0.2) is 0 Å². The second-order valence-electron chi connectivity index (χ2n) is 4.45. The van der Waals surface area contributed by atoms with E-state index in [-0.39, 0.29) is 12.5 Å². The maximum Gasteiger partial charge on any atom is 0.254 e. The maximum absolute atomic E-state index is 11.8. The van der Waals surface area contributed by atoms with Crippen molar-refractivity contribution in [3.63, 3.8) is 0 Å². The number of hydrogen-bond acceptors (Lipinski definition) is 3. The molecule has 96 valence electrons. The Morgan fingerprint density at radius 1 is 1.65 bits per heavy atom. The molecular weight excluding hydrogens is 218 g/mol. The summed E-state index contributed by atoms with van der Waals surface area (Å²) in [5.41, 5.74) is 1.49. The molecule has 0 aromatic carbocycles. The highest BCUT2D eigenvalue weighted by Crippen LogP contribution is 2.06. The summed E-state index contributed by atoms with van der Waals surface area (Å²) in [6.45, 7) is 4.70. The van der Waals surface area contributed by atoms with Gasteiger partial charge in [0.1, 0.15) is 0 Å². The van der Waals surface area contributed by atoms with Crippen LogP contribution < -0.4 is 5.32 Å². The quantitative estimate of drug-likeness (QED) is 0.724. The van der Waals surface area contributed by atoms with Gasteiger partial charge in [0.25, 0.3) is 5.91 Å². The zero-order chi connectivity index (χ0) is 12.8. The molecule has 1 amide bonds. The van der Waals surface area contributed by atoms with Crippen molar-refractivity contribution in [1.29, 1.82) is 0 Å². The average Bonchev–Trinajstić information content (AvgIpc) is 2.65. The van der Waals surface area contributed by atoms with Crippen molar-refractivity contribution in [3.8, 4) is 0 Å². The predicted molar refractivity (Wildman–Crippen MR) is 65.8 cm³/mol. The second-order valence-corrected chi connectivity index (χ2v) is 4.45. The molecule has 1 atom stereocenters. The standard InChI is InChI=1S/C12H21N3O2/c1-9(8-16)5-4-6-13-12(17)11-7-14-15(3)10(11)2/h7,9,16H,4-6,8H2,1-3H3,(H,13,17). The number of aliphatic hydroxyl groups excluding tert-OH is 1. The van der Waals surface area contributed by atoms with Crippen LogP contribution in [-0.4, -0.2) is 33.9 Å². The molecule has 2 N–H and O–H groups in total. The molecule has 1 rings (SSSR count). The van der Waals surface area contributed by atoms with E-state index in [0.29, 0.717) is 18.0 Å². The zero-order valence-corrected chi connectivity index (χ0v) is 10.7. The number of aliphatic hydroxyl groups is 1. The summed E-state index contributed by atoms with van der Waals surface area (Å²) in [4.78, 5) is 11.8. The summed E-state index contributed by atoms with van der Waals surface area (Å²) in [6.07, 6.45) is 3.39. The molecule has 5 heteroatoms. The molecule has 0 fully saturated rings. The molecule has 0 aliphatic rings. The smallest absolute Gasteiger partial charge is 0.254 e. The van der Waals surface area contributed by atoms with Crippen molar-refractivity contribution in [2.45, 2.75) is 26.7 Å². The number of hydrogen-bond donors (Lipinski definition) is 2. The van der Waals surface area contributed by atoms with Gasteiger partial charge in [0.05, 0.1) is 11.8 Å². The highest BCUT2D eigenvalue weighted by Gasteiger charge is 2.11. The summed E-state index contributed by atoms with van der Waals surface area (Å²) in [5.74, 6) is 0.222. The predicted octanol–water partition coefficient (Wildman–Crippen LogP) is 0.867. The third kappa shape index (κ3) is 3.85. The first kappa shape index (κ1) is 13.7. The molecular formula is C12H21N3O2. The van der Waals surface area contributed by atoms with Gasteiger partial charge in [0, 0.05) is 25.9 Å². The van der Waals surface area contributed by atoms with Gasteiger partial charge in [-0.2, -0.15) is 5.10 Å². The van der Waals surface area contributed by atoms with Crippen LogP contribution >= 0.6 is 0 Å². The van der Waals surface area contributed by atoms with Crippen LogP contribution in [0, 0.1) is 12.8 Å². The Bertz CT molecular complexity index is 374. The molecule has 0 aliphatic heterocycles. The lowest BCUT2D eigenvalue weighted by molar-refractivity contribution is 0.0951. The number of nitrogens with zero attached hydrogens (tertiary/aromatic N) is 2. The van der Waals surface area contributed by atoms with Gasteiger partial charge < -0.3 is 10.4 Å². The lowest BCUT2D eigenvalue weighted by atomic mass is 10.1. The van der Waals surface area contributed by atoms with Crippen molar-refractivity contribution in [1.82, 2.24) is 15.1 Å². The number of nitrogens with one attached hydrogen (secondary N) is 1. The minimum atomic E-state index is -0.0766. The Hall–Kier alpha value is -1.36. The number of carbonyl (C=O) groups excluding carboxylic acids is 1. The molecule has 5 nitrogen and oxygen atoms in total. The van der Waals surface area contributed by atoms with E-state index in [1.54, 1.807) is 10.9 Å². The Labute approximate surface area is 102 Å². The van der Waals surface area contributed by atoms with E-state index in [1.165, 1.54) is 0 Å². The van der Waals surface area contributed by atoms with E-state index >= 15 is 0 Å². The van der Waals surface area contributed by atoms with E-state index in [4.69, 9.17) is 5.11 Å². The maximum atomic E-state index is 11.8. The van der Waals surface area contributed by atoms with Crippen LogP contribution in [0.5, 0.6) is 0 Å². The molecule has 1 aromatic rings. The summed E-state index contributed by atoms with van der Waals surface area (Å²) < 4.78 is 1.68. The monoisotopic (exact) mass is 239 g/mol. The van der Waals surface area contributed by atoms with Crippen LogP contribution in [0.25, 0.3) is 0 Å². The fourth-order valence-corrected chi connectivity index (χ4v) is 1.56. The molecule has 1 unspecified atom stereocenters. The summed E-state index contributed by atoms with van der Waals surface area (Å²) in [5, 5.41) is 15.8. The molecule has 17 heavy (non-hydrogen) atoms. The minimum Gasteiger partial charge on any atom is -0.396 e. The largest absolute Gasteiger partial charge is 0.396 e. The topological polar surface area (TPSA) is 67.2 Å². The molecule has 0 saturated heterocycles. The molecule has 0 radical (unpaired) electrons. The molecule has 1 aromatic heterocycles. The Kier molecular flexibility index (Phi) is 5.15. The number of aromatic nitrogens is 2. The Morgan fingerprint density at radius 2 is 2.35 bits per heavy atom. The number of aryl methyl sites for hydroxylation is 1. The highest BCUT2D eigenvalue weighted by atomic mass is 16.3. The van der Waals surface area contributed by atoms with Crippen molar-refractivity contribution < 1.29 is 9.90 Å². The number of amides is 1. The SMILES string of the molecule is Cc1c(C(=O)NCCCC(C)CO)cnn1C. The summed E-state index contributed by atoms with van der Waals surface area (Å²) in [6, 6.07) is 0. The summed E-state index contributed by atoms with van der Waals surface area (Å²) >= 11 is 0. The highest BCUT2D eigenvalue weighted by molar-refractivity contribution is 5.94. The molecule has 0 bridgehead atoms. The zero-order valence-electron chi connectivity index (χ0n) is 10.7. The molecule has 1 heterocycles. The molecule has 0 saturated carbocycles. The molecule has 0 aliphatic carbocycles. The van der Waals surface area contributed by atoms with E-state index < -0.39 is 0 Å².